The Morgan fingerprint density at radius 3 is 2.57 bits per heavy atom. The number of nitrogens with zero attached hydrogens (tertiary/aromatic N) is 1. The van der Waals surface area contributed by atoms with E-state index in [4.69, 9.17) is 26.8 Å². The number of ether oxygens (including phenoxy) is 2. The van der Waals surface area contributed by atoms with Gasteiger partial charge in [0.1, 0.15) is 5.54 Å². The van der Waals surface area contributed by atoms with Crippen molar-refractivity contribution in [3.05, 3.63) is 52.5 Å². The minimum atomic E-state index is -1.47. The number of methoxy groups -OCH3 is 2. The number of halogens is 1. The number of nitrogens with one attached hydrogen (secondary N) is 2. The first-order chi connectivity index (χ1) is 17.7. The molecule has 2 aromatic carbocycles. The summed E-state index contributed by atoms with van der Waals surface area (Å²) in [7, 11) is 3.08. The van der Waals surface area contributed by atoms with Gasteiger partial charge in [-0.3, -0.25) is 29.4 Å². The van der Waals surface area contributed by atoms with Gasteiger partial charge in [-0.1, -0.05) is 29.8 Å². The highest BCUT2D eigenvalue weighted by Gasteiger charge is 2.70. The highest BCUT2D eigenvalue weighted by Crippen LogP contribution is 2.54. The van der Waals surface area contributed by atoms with Gasteiger partial charge in [0, 0.05) is 24.6 Å². The van der Waals surface area contributed by atoms with Crippen LogP contribution in [0.2, 0.25) is 5.02 Å². The maximum absolute atomic E-state index is 13.8. The summed E-state index contributed by atoms with van der Waals surface area (Å²) in [5, 5.41) is 6.39. The summed E-state index contributed by atoms with van der Waals surface area (Å²) in [6, 6.07) is 9.87. The Morgan fingerprint density at radius 2 is 1.86 bits per heavy atom. The minimum absolute atomic E-state index is 0.00804. The van der Waals surface area contributed by atoms with E-state index in [0.29, 0.717) is 34.2 Å². The van der Waals surface area contributed by atoms with Gasteiger partial charge in [-0.2, -0.15) is 0 Å². The number of hydrogen-bond acceptors (Lipinski definition) is 7. The molecule has 194 valence electrons. The number of rotatable bonds is 8. The van der Waals surface area contributed by atoms with Crippen LogP contribution in [0.5, 0.6) is 11.5 Å². The average Bonchev–Trinajstić information content (AvgIpc) is 3.46. The van der Waals surface area contributed by atoms with E-state index >= 15 is 0 Å². The summed E-state index contributed by atoms with van der Waals surface area (Å²) in [4.78, 5) is 53.8. The van der Waals surface area contributed by atoms with Crippen LogP contribution in [0.3, 0.4) is 0 Å². The van der Waals surface area contributed by atoms with E-state index in [1.807, 2.05) is 6.07 Å². The zero-order valence-corrected chi connectivity index (χ0v) is 21.1. The van der Waals surface area contributed by atoms with Crippen LogP contribution in [0, 0.1) is 11.8 Å². The molecule has 0 aliphatic carbocycles. The van der Waals surface area contributed by atoms with Crippen LogP contribution in [0.25, 0.3) is 0 Å². The quantitative estimate of drug-likeness (QED) is 0.444. The lowest BCUT2D eigenvalue weighted by Gasteiger charge is -2.29. The van der Waals surface area contributed by atoms with Crippen LogP contribution in [0.4, 0.5) is 5.69 Å². The maximum Gasteiger partial charge on any atom is 0.250 e. The number of fused-ring (bicyclic) bond motifs is 4. The molecule has 4 atom stereocenters. The zero-order chi connectivity index (χ0) is 26.5. The molecule has 3 heterocycles. The average molecular weight is 527 g/mol. The number of para-hydroxylation sites is 1. The van der Waals surface area contributed by atoms with E-state index in [1.165, 1.54) is 12.0 Å². The molecule has 3 aliphatic heterocycles. The van der Waals surface area contributed by atoms with Gasteiger partial charge in [0.15, 0.2) is 11.5 Å². The predicted octanol–water partition coefficient (Wildman–Crippen LogP) is 1.59. The number of carbonyl (C=O) groups is 4. The smallest absolute Gasteiger partial charge is 0.250 e. The largest absolute Gasteiger partial charge is 0.493 e. The number of hydrogen-bond donors (Lipinski definition) is 3. The molecule has 2 aromatic rings. The molecule has 11 heteroatoms. The molecule has 4 amide bonds. The monoisotopic (exact) mass is 526 g/mol. The molecule has 2 fully saturated rings. The Labute approximate surface area is 218 Å². The molecule has 0 radical (unpaired) electrons. The molecule has 4 N–H and O–H groups in total. The van der Waals surface area contributed by atoms with E-state index in [2.05, 4.69) is 10.6 Å². The first-order valence-corrected chi connectivity index (χ1v) is 12.3. The van der Waals surface area contributed by atoms with Crippen molar-refractivity contribution in [1.29, 1.82) is 0 Å². The Bertz CT molecular complexity index is 1320. The fraction of sp³-hybridized carbons (Fsp3) is 0.385. The molecular weight excluding hydrogens is 500 g/mol. The molecule has 4 unspecified atom stereocenters. The van der Waals surface area contributed by atoms with Gasteiger partial charge in [-0.25, -0.2) is 0 Å². The fourth-order valence-electron chi connectivity index (χ4n) is 5.90. The van der Waals surface area contributed by atoms with Gasteiger partial charge in [-0.05, 0) is 36.6 Å². The lowest BCUT2D eigenvalue weighted by molar-refractivity contribution is -0.142. The van der Waals surface area contributed by atoms with E-state index in [0.717, 1.165) is 5.56 Å². The molecule has 2 saturated heterocycles. The summed E-state index contributed by atoms with van der Waals surface area (Å²) in [6.45, 7) is 0.128. The van der Waals surface area contributed by atoms with Crippen molar-refractivity contribution in [3.63, 3.8) is 0 Å². The van der Waals surface area contributed by atoms with Crippen LogP contribution in [-0.2, 0) is 31.1 Å². The van der Waals surface area contributed by atoms with Crippen molar-refractivity contribution >= 4 is 40.9 Å². The van der Waals surface area contributed by atoms with E-state index in [1.54, 1.807) is 37.4 Å². The summed E-state index contributed by atoms with van der Waals surface area (Å²) >= 11 is 6.35. The highest BCUT2D eigenvalue weighted by molar-refractivity contribution is 6.35. The topological polar surface area (TPSA) is 140 Å². The second kappa shape index (κ2) is 9.35. The first kappa shape index (κ1) is 25.0. The number of benzene rings is 2. The molecule has 0 bridgehead atoms. The van der Waals surface area contributed by atoms with Crippen molar-refractivity contribution < 1.29 is 28.7 Å². The molecule has 10 nitrogen and oxygen atoms in total. The van der Waals surface area contributed by atoms with Gasteiger partial charge >= 0.3 is 0 Å². The standard InChI is InChI=1S/C26H27ClN4O6/c1-36-17-8-6-13(12-18(17)37-2)10-11-31-23(33)20-16(7-9-19(28)32)30-26(21(20)24(31)34)14-4-3-5-15(27)22(14)29-25(26)35/h3-6,8,12,16,20-21,30H,7,9-11H2,1-2H3,(H2,28,32)(H,29,35). The normalized spacial score (nSPS) is 25.9. The molecule has 3 aliphatic rings. The Kier molecular flexibility index (Phi) is 6.33. The van der Waals surface area contributed by atoms with Crippen LogP contribution >= 0.6 is 11.6 Å². The number of carbonyl (C=O) groups excluding carboxylic acids is 4. The van der Waals surface area contributed by atoms with Crippen LogP contribution in [0.1, 0.15) is 24.0 Å². The molecule has 37 heavy (non-hydrogen) atoms. The minimum Gasteiger partial charge on any atom is -0.493 e. The molecule has 1 spiro atoms. The van der Waals surface area contributed by atoms with Crippen molar-refractivity contribution in [2.45, 2.75) is 30.8 Å². The lowest BCUT2D eigenvalue weighted by atomic mass is 9.76. The third-order valence-electron chi connectivity index (χ3n) is 7.56. The van der Waals surface area contributed by atoms with Crippen molar-refractivity contribution in [3.8, 4) is 11.5 Å². The number of primary amides is 1. The summed E-state index contributed by atoms with van der Waals surface area (Å²) in [5.74, 6) is -2.48. The Balaban J connectivity index is 1.48. The van der Waals surface area contributed by atoms with Crippen LogP contribution in [-0.4, -0.2) is 55.3 Å². The van der Waals surface area contributed by atoms with Gasteiger partial charge < -0.3 is 20.5 Å². The van der Waals surface area contributed by atoms with E-state index < -0.39 is 41.1 Å². The maximum atomic E-state index is 13.8. The van der Waals surface area contributed by atoms with Crippen molar-refractivity contribution in [2.75, 3.05) is 26.1 Å². The second-order valence-corrected chi connectivity index (χ2v) is 9.86. The van der Waals surface area contributed by atoms with Crippen molar-refractivity contribution in [1.82, 2.24) is 10.2 Å². The lowest BCUT2D eigenvalue weighted by Crippen LogP contribution is -2.53. The highest BCUT2D eigenvalue weighted by atomic mass is 35.5. The molecular formula is C26H27ClN4O6. The third kappa shape index (κ3) is 3.82. The number of amides is 4. The number of likely N-dealkylation sites (tertiary alicyclic amines) is 1. The predicted molar refractivity (Wildman–Crippen MR) is 134 cm³/mol. The SMILES string of the molecule is COc1ccc(CCN2C(=O)C3C(CCC(N)=O)NC4(C(=O)Nc5c(Cl)cccc54)C3C2=O)cc1OC. The van der Waals surface area contributed by atoms with Gasteiger partial charge in [0.05, 0.1) is 36.8 Å². The van der Waals surface area contributed by atoms with Crippen LogP contribution < -0.4 is 25.8 Å². The zero-order valence-electron chi connectivity index (χ0n) is 20.4. The molecule has 0 aromatic heterocycles. The third-order valence-corrected chi connectivity index (χ3v) is 7.88. The fourth-order valence-corrected chi connectivity index (χ4v) is 6.12. The summed E-state index contributed by atoms with van der Waals surface area (Å²) in [6.07, 6.45) is 0.607. The van der Waals surface area contributed by atoms with Crippen molar-refractivity contribution in [2.24, 2.45) is 17.6 Å². The summed E-state index contributed by atoms with van der Waals surface area (Å²) < 4.78 is 10.6. The second-order valence-electron chi connectivity index (χ2n) is 9.45. The van der Waals surface area contributed by atoms with Gasteiger partial charge in [0.25, 0.3) is 0 Å². The molecule has 5 rings (SSSR count). The number of imide groups is 1. The Morgan fingerprint density at radius 1 is 1.11 bits per heavy atom. The first-order valence-electron chi connectivity index (χ1n) is 12.0. The summed E-state index contributed by atoms with van der Waals surface area (Å²) in [5.41, 5.74) is 5.69. The van der Waals surface area contributed by atoms with Crippen LogP contribution in [0.15, 0.2) is 36.4 Å². The van der Waals surface area contributed by atoms with Gasteiger partial charge in [-0.15, -0.1) is 0 Å². The van der Waals surface area contributed by atoms with Gasteiger partial charge in [0.2, 0.25) is 23.6 Å². The van der Waals surface area contributed by atoms with E-state index in [-0.39, 0.29) is 25.3 Å². The number of nitrogens with two attached hydrogens (primary N) is 1. The molecule has 0 saturated carbocycles. The van der Waals surface area contributed by atoms with E-state index in [9.17, 15) is 19.2 Å². The Hall–Kier alpha value is -3.63. The number of anilines is 1.